The minimum atomic E-state index is -1.78. The topological polar surface area (TPSA) is 96.4 Å². The third-order valence-corrected chi connectivity index (χ3v) is 7.15. The first-order valence-corrected chi connectivity index (χ1v) is 12.0. The van der Waals surface area contributed by atoms with Crippen LogP contribution in [-0.2, 0) is 24.7 Å². The number of amides is 2. The van der Waals surface area contributed by atoms with Crippen LogP contribution in [0.5, 0.6) is 5.75 Å². The minimum absolute atomic E-state index is 0.0721. The zero-order valence-corrected chi connectivity index (χ0v) is 20.3. The van der Waals surface area contributed by atoms with Crippen molar-refractivity contribution in [1.29, 1.82) is 0 Å². The average Bonchev–Trinajstić information content (AvgIpc) is 3.53. The van der Waals surface area contributed by atoms with Gasteiger partial charge in [0, 0.05) is 37.0 Å². The van der Waals surface area contributed by atoms with E-state index in [0.717, 1.165) is 18.4 Å². The molecule has 8 heteroatoms. The average molecular weight is 489 g/mol. The highest BCUT2D eigenvalue weighted by Gasteiger charge is 2.67. The number of ether oxygens (including phenoxy) is 2. The van der Waals surface area contributed by atoms with Crippen LogP contribution < -0.4 is 9.64 Å². The van der Waals surface area contributed by atoms with Crippen molar-refractivity contribution < 1.29 is 29.0 Å². The number of likely N-dealkylation sites (N-methyl/N-ethyl adjacent to an activating group) is 1. The van der Waals surface area contributed by atoms with E-state index in [-0.39, 0.29) is 18.2 Å². The third-order valence-electron chi connectivity index (χ3n) is 7.15. The molecule has 3 heterocycles. The molecule has 0 radical (unpaired) electrons. The molecular formula is C28H28N2O6. The molecule has 1 N–H and O–H groups in total. The number of carbonyl (C=O) groups is 3. The number of aliphatic hydroxyl groups excluding tert-OH is 1. The van der Waals surface area contributed by atoms with Gasteiger partial charge < -0.3 is 24.4 Å². The van der Waals surface area contributed by atoms with Gasteiger partial charge in [-0.15, -0.1) is 0 Å². The first kappa shape index (κ1) is 23.8. The first-order valence-electron chi connectivity index (χ1n) is 12.0. The van der Waals surface area contributed by atoms with Crippen LogP contribution in [0.4, 0.5) is 5.69 Å². The number of ketones is 1. The summed E-state index contributed by atoms with van der Waals surface area (Å²) in [6, 6.07) is 12.0. The summed E-state index contributed by atoms with van der Waals surface area (Å²) in [7, 11) is 1.61. The quantitative estimate of drug-likeness (QED) is 0.290. The van der Waals surface area contributed by atoms with Gasteiger partial charge in [-0.25, -0.2) is 0 Å². The van der Waals surface area contributed by atoms with Gasteiger partial charge in [-0.05, 0) is 49.6 Å². The van der Waals surface area contributed by atoms with Gasteiger partial charge in [0.05, 0.1) is 11.7 Å². The number of benzene rings is 2. The first-order chi connectivity index (χ1) is 17.3. The van der Waals surface area contributed by atoms with Gasteiger partial charge in [-0.1, -0.05) is 30.9 Å². The van der Waals surface area contributed by atoms with Crippen LogP contribution in [0.15, 0.2) is 60.7 Å². The van der Waals surface area contributed by atoms with Crippen molar-refractivity contribution in [2.24, 2.45) is 0 Å². The fourth-order valence-electron chi connectivity index (χ4n) is 5.47. The van der Waals surface area contributed by atoms with E-state index in [1.807, 2.05) is 6.92 Å². The molecule has 2 saturated heterocycles. The second kappa shape index (κ2) is 8.95. The van der Waals surface area contributed by atoms with Crippen molar-refractivity contribution in [3.63, 3.8) is 0 Å². The van der Waals surface area contributed by atoms with Gasteiger partial charge in [0.2, 0.25) is 0 Å². The molecule has 0 aliphatic carbocycles. The summed E-state index contributed by atoms with van der Waals surface area (Å²) in [5.41, 5.74) is 0.0931. The molecule has 0 unspecified atom stereocenters. The Morgan fingerprint density at radius 3 is 2.72 bits per heavy atom. The van der Waals surface area contributed by atoms with Crippen molar-refractivity contribution in [2.45, 2.75) is 31.4 Å². The molecule has 2 atom stereocenters. The number of carbonyl (C=O) groups excluding carboxylic acids is 3. The zero-order chi connectivity index (χ0) is 25.6. The summed E-state index contributed by atoms with van der Waals surface area (Å²) in [5.74, 6) is -1.99. The number of anilines is 1. The highest BCUT2D eigenvalue weighted by molar-refractivity contribution is 6.50. The standard InChI is InChI=1S/C28H28N2O6/c1-4-13-36-22-12-11-18(15-17(22)2)24(31)23-25(32)26(33)30(16-19-8-7-14-35-19)28(23)20-9-5-6-10-21(20)29(3)27(28)34/h4-6,9-12,15,19,31H,1,7-8,13-14,16H2,2-3H3/t19-,28+/m1/s1. The maximum Gasteiger partial charge on any atom is 0.296 e. The molecule has 2 amide bonds. The van der Waals surface area contributed by atoms with E-state index in [0.29, 0.717) is 35.8 Å². The Hall–Kier alpha value is -3.91. The number of hydrogen-bond acceptors (Lipinski definition) is 6. The predicted molar refractivity (Wildman–Crippen MR) is 134 cm³/mol. The summed E-state index contributed by atoms with van der Waals surface area (Å²) in [5, 5.41) is 11.6. The summed E-state index contributed by atoms with van der Waals surface area (Å²) < 4.78 is 11.4. The monoisotopic (exact) mass is 488 g/mol. The van der Waals surface area contributed by atoms with Gasteiger partial charge in [0.1, 0.15) is 18.1 Å². The van der Waals surface area contributed by atoms with Gasteiger partial charge in [-0.3, -0.25) is 14.4 Å². The summed E-state index contributed by atoms with van der Waals surface area (Å²) in [6.07, 6.45) is 2.89. The second-order valence-electron chi connectivity index (χ2n) is 9.28. The number of para-hydroxylation sites is 1. The number of Topliss-reactive ketones (excluding diaryl/α,β-unsaturated/α-hetero) is 1. The van der Waals surface area contributed by atoms with Crippen LogP contribution in [0.2, 0.25) is 0 Å². The predicted octanol–water partition coefficient (Wildman–Crippen LogP) is 3.29. The lowest BCUT2D eigenvalue weighted by Crippen LogP contribution is -2.53. The fourth-order valence-corrected chi connectivity index (χ4v) is 5.47. The van der Waals surface area contributed by atoms with E-state index < -0.39 is 28.9 Å². The van der Waals surface area contributed by atoms with E-state index >= 15 is 0 Å². The normalized spacial score (nSPS) is 24.6. The number of hydrogen-bond donors (Lipinski definition) is 1. The van der Waals surface area contributed by atoms with Crippen LogP contribution in [-0.4, -0.2) is 60.5 Å². The zero-order valence-electron chi connectivity index (χ0n) is 20.3. The van der Waals surface area contributed by atoms with Gasteiger partial charge >= 0.3 is 0 Å². The van der Waals surface area contributed by atoms with Gasteiger partial charge in [0.15, 0.2) is 5.54 Å². The van der Waals surface area contributed by atoms with Crippen LogP contribution >= 0.6 is 0 Å². The maximum absolute atomic E-state index is 14.0. The van der Waals surface area contributed by atoms with Gasteiger partial charge in [0.25, 0.3) is 17.6 Å². The molecule has 2 fully saturated rings. The van der Waals surface area contributed by atoms with E-state index in [9.17, 15) is 19.5 Å². The molecule has 3 aliphatic heterocycles. The van der Waals surface area contributed by atoms with Crippen molar-refractivity contribution in [2.75, 3.05) is 31.7 Å². The van der Waals surface area contributed by atoms with Crippen molar-refractivity contribution >= 4 is 29.0 Å². The molecule has 36 heavy (non-hydrogen) atoms. The Bertz CT molecular complexity index is 1310. The summed E-state index contributed by atoms with van der Waals surface area (Å²) >= 11 is 0. The van der Waals surface area contributed by atoms with Crippen LogP contribution in [0.25, 0.3) is 5.76 Å². The van der Waals surface area contributed by atoms with Crippen molar-refractivity contribution in [1.82, 2.24) is 4.90 Å². The molecule has 0 saturated carbocycles. The number of fused-ring (bicyclic) bond motifs is 2. The number of rotatable bonds is 6. The Balaban J connectivity index is 1.72. The highest BCUT2D eigenvalue weighted by atomic mass is 16.5. The third kappa shape index (κ3) is 3.36. The fraction of sp³-hybridized carbons (Fsp3) is 0.321. The summed E-state index contributed by atoms with van der Waals surface area (Å²) in [6.45, 7) is 6.41. The number of aryl methyl sites for hydroxylation is 1. The van der Waals surface area contributed by atoms with E-state index in [2.05, 4.69) is 6.58 Å². The SMILES string of the molecule is C=CCOc1ccc(C(O)=C2C(=O)C(=O)N(C[C@H]3CCCO3)[C@]23C(=O)N(C)c2ccccc23)cc1C. The lowest BCUT2D eigenvalue weighted by atomic mass is 9.81. The number of aliphatic hydroxyl groups is 1. The van der Waals surface area contributed by atoms with E-state index in [1.165, 1.54) is 9.80 Å². The molecular weight excluding hydrogens is 460 g/mol. The summed E-state index contributed by atoms with van der Waals surface area (Å²) in [4.78, 5) is 43.8. The van der Waals surface area contributed by atoms with Gasteiger partial charge in [-0.2, -0.15) is 0 Å². The van der Waals surface area contributed by atoms with Crippen molar-refractivity contribution in [3.05, 3.63) is 77.4 Å². The highest BCUT2D eigenvalue weighted by Crippen LogP contribution is 2.53. The minimum Gasteiger partial charge on any atom is -0.507 e. The molecule has 186 valence electrons. The van der Waals surface area contributed by atoms with Crippen LogP contribution in [0, 0.1) is 6.92 Å². The Kier molecular flexibility index (Phi) is 5.92. The molecule has 3 aliphatic rings. The lowest BCUT2D eigenvalue weighted by Gasteiger charge is -2.35. The largest absolute Gasteiger partial charge is 0.507 e. The van der Waals surface area contributed by atoms with E-state index in [4.69, 9.17) is 9.47 Å². The lowest BCUT2D eigenvalue weighted by molar-refractivity contribution is -0.145. The molecule has 0 aromatic heterocycles. The Morgan fingerprint density at radius 2 is 2.03 bits per heavy atom. The van der Waals surface area contributed by atoms with Crippen molar-refractivity contribution in [3.8, 4) is 5.75 Å². The molecule has 8 nitrogen and oxygen atoms in total. The molecule has 1 spiro atoms. The smallest absolute Gasteiger partial charge is 0.296 e. The molecule has 0 bridgehead atoms. The van der Waals surface area contributed by atoms with E-state index in [1.54, 1.807) is 55.6 Å². The van der Waals surface area contributed by atoms with Crippen LogP contribution in [0.1, 0.15) is 29.5 Å². The Labute approximate surface area is 209 Å². The molecule has 2 aromatic rings. The van der Waals surface area contributed by atoms with Crippen LogP contribution in [0.3, 0.4) is 0 Å². The number of nitrogens with zero attached hydrogens (tertiary/aromatic N) is 2. The second-order valence-corrected chi connectivity index (χ2v) is 9.28. The maximum atomic E-state index is 14.0. The number of likely N-dealkylation sites (tertiary alicyclic amines) is 1. The molecule has 2 aromatic carbocycles. The Morgan fingerprint density at radius 1 is 1.25 bits per heavy atom. The molecule has 5 rings (SSSR count).